The Morgan fingerprint density at radius 1 is 0.383 bits per heavy atom. The zero-order chi connectivity index (χ0) is 35.6. The lowest BCUT2D eigenvalue weighted by Crippen LogP contribution is -2.67. The maximum absolute atomic E-state index is 12.3. The van der Waals surface area contributed by atoms with E-state index in [2.05, 4.69) is 0 Å². The summed E-state index contributed by atoms with van der Waals surface area (Å²) in [5.41, 5.74) is 0. The fourth-order valence-corrected chi connectivity index (χ4v) is 4.73. The Kier molecular flexibility index (Phi) is 14.5. The van der Waals surface area contributed by atoms with Crippen molar-refractivity contribution in [3.63, 3.8) is 0 Å². The van der Waals surface area contributed by atoms with Crippen LogP contribution in [-0.2, 0) is 90.5 Å². The molecule has 0 aliphatic carbocycles. The van der Waals surface area contributed by atoms with E-state index in [4.69, 9.17) is 52.1 Å². The van der Waals surface area contributed by atoms with Gasteiger partial charge in [-0.25, -0.2) is 0 Å². The third-order valence-electron chi connectivity index (χ3n) is 6.17. The van der Waals surface area contributed by atoms with Gasteiger partial charge in [-0.1, -0.05) is 0 Å². The number of esters is 8. The monoisotopic (exact) mass is 678 g/mol. The molecule has 0 radical (unpaired) electrons. The van der Waals surface area contributed by atoms with Crippen LogP contribution >= 0.6 is 0 Å². The highest BCUT2D eigenvalue weighted by molar-refractivity contribution is 5.70. The molecular formula is C28H38O19. The molecule has 2 heterocycles. The average Bonchev–Trinajstić information content (AvgIpc) is 2.91. The molecule has 2 aliphatic heterocycles. The number of rotatable bonds is 12. The van der Waals surface area contributed by atoms with Gasteiger partial charge in [-0.15, -0.1) is 0 Å². The van der Waals surface area contributed by atoms with Crippen LogP contribution < -0.4 is 0 Å². The lowest BCUT2D eigenvalue weighted by Gasteiger charge is -2.48. The van der Waals surface area contributed by atoms with Gasteiger partial charge in [0.15, 0.2) is 30.7 Å². The van der Waals surface area contributed by atoms with E-state index in [0.717, 1.165) is 55.4 Å². The molecule has 19 heteroatoms. The van der Waals surface area contributed by atoms with E-state index in [1.165, 1.54) is 0 Å². The lowest BCUT2D eigenvalue weighted by molar-refractivity contribution is -0.357. The predicted molar refractivity (Wildman–Crippen MR) is 145 cm³/mol. The van der Waals surface area contributed by atoms with Crippen molar-refractivity contribution in [3.05, 3.63) is 0 Å². The summed E-state index contributed by atoms with van der Waals surface area (Å²) in [5, 5.41) is 0. The van der Waals surface area contributed by atoms with Gasteiger partial charge in [-0.3, -0.25) is 38.4 Å². The van der Waals surface area contributed by atoms with Crippen molar-refractivity contribution in [1.29, 1.82) is 0 Å². The minimum Gasteiger partial charge on any atom is -0.463 e. The Morgan fingerprint density at radius 2 is 0.702 bits per heavy atom. The first-order chi connectivity index (χ1) is 21.9. The van der Waals surface area contributed by atoms with Gasteiger partial charge >= 0.3 is 47.8 Å². The first-order valence-corrected chi connectivity index (χ1v) is 14.2. The van der Waals surface area contributed by atoms with Gasteiger partial charge in [0.05, 0.1) is 0 Å². The molecule has 47 heavy (non-hydrogen) atoms. The van der Waals surface area contributed by atoms with Crippen molar-refractivity contribution in [2.24, 2.45) is 0 Å². The van der Waals surface area contributed by atoms with Gasteiger partial charge in [-0.2, -0.15) is 0 Å². The first-order valence-electron chi connectivity index (χ1n) is 14.2. The molecule has 0 saturated carbocycles. The van der Waals surface area contributed by atoms with Crippen LogP contribution in [0.25, 0.3) is 0 Å². The van der Waals surface area contributed by atoms with Crippen molar-refractivity contribution >= 4 is 47.8 Å². The molecular weight excluding hydrogens is 640 g/mol. The van der Waals surface area contributed by atoms with E-state index in [9.17, 15) is 38.4 Å². The van der Waals surface area contributed by atoms with Crippen LogP contribution in [0.5, 0.6) is 0 Å². The zero-order valence-electron chi connectivity index (χ0n) is 26.9. The van der Waals surface area contributed by atoms with E-state index in [0.29, 0.717) is 0 Å². The molecule has 2 saturated heterocycles. The van der Waals surface area contributed by atoms with Crippen LogP contribution in [0.1, 0.15) is 55.4 Å². The van der Waals surface area contributed by atoms with Gasteiger partial charge in [0, 0.05) is 55.4 Å². The fraction of sp³-hybridized carbons (Fsp3) is 0.714. The van der Waals surface area contributed by atoms with E-state index >= 15 is 0 Å². The summed E-state index contributed by atoms with van der Waals surface area (Å²) in [6, 6.07) is 0. The third kappa shape index (κ3) is 12.1. The van der Waals surface area contributed by atoms with Crippen molar-refractivity contribution < 1.29 is 90.5 Å². The van der Waals surface area contributed by atoms with Gasteiger partial charge in [0.1, 0.15) is 31.5 Å². The second-order valence-electron chi connectivity index (χ2n) is 10.3. The molecule has 2 fully saturated rings. The molecule has 10 atom stereocenters. The molecule has 0 bridgehead atoms. The largest absolute Gasteiger partial charge is 0.463 e. The maximum Gasteiger partial charge on any atom is 0.305 e. The first kappa shape index (κ1) is 38.8. The van der Waals surface area contributed by atoms with Crippen LogP contribution in [0, 0.1) is 0 Å². The van der Waals surface area contributed by atoms with Crippen molar-refractivity contribution in [2.45, 2.75) is 117 Å². The topological polar surface area (TPSA) is 238 Å². The summed E-state index contributed by atoms with van der Waals surface area (Å²) in [4.78, 5) is 96.3. The van der Waals surface area contributed by atoms with E-state index in [1.807, 2.05) is 0 Å². The van der Waals surface area contributed by atoms with E-state index in [-0.39, 0.29) is 0 Å². The summed E-state index contributed by atoms with van der Waals surface area (Å²) >= 11 is 0. The number of carbonyl (C=O) groups excluding carboxylic acids is 8. The molecule has 2 rings (SSSR count). The highest BCUT2D eigenvalue weighted by Crippen LogP contribution is 2.35. The third-order valence-corrected chi connectivity index (χ3v) is 6.17. The molecule has 0 N–H and O–H groups in total. The van der Waals surface area contributed by atoms with Crippen LogP contribution in [0.2, 0.25) is 0 Å². The van der Waals surface area contributed by atoms with Crippen LogP contribution in [-0.4, -0.2) is 122 Å². The van der Waals surface area contributed by atoms with Gasteiger partial charge in [-0.05, 0) is 0 Å². The lowest BCUT2D eigenvalue weighted by atomic mass is 9.96. The summed E-state index contributed by atoms with van der Waals surface area (Å²) < 4.78 is 60.2. The SMILES string of the molecule is CC(=O)OC[C@H]1OC(O[C@H]2[C@H](OC(C)=O)[C@@H](OC(C)=O)[C@H](OC(C)=O)O[C@@H]2COC(C)=O)[C@H](OC(C)=O)[C@@H](OC(C)=O)[C@H]1OC(C)=O. The molecule has 2 aliphatic rings. The standard InChI is InChI=1S/C28H38O19/c1-11(29)37-9-19-21(39-13(3)31)23(40-14(4)32)26(43-17(7)35)28(46-19)47-22-20(10-38-12(2)30)45-27(44-18(8)36)25(42-16(6)34)24(22)41-15(5)33/h19-28H,9-10H2,1-8H3/t19-,20-,21+,22-,23+,24+,25-,26-,27-,28?/m1/s1. The van der Waals surface area contributed by atoms with E-state index in [1.54, 1.807) is 0 Å². The maximum atomic E-state index is 12.3. The summed E-state index contributed by atoms with van der Waals surface area (Å²) in [5.74, 6) is -7.02. The molecule has 0 amide bonds. The summed E-state index contributed by atoms with van der Waals surface area (Å²) in [7, 11) is 0. The Labute approximate surface area is 268 Å². The number of ether oxygens (including phenoxy) is 11. The molecule has 264 valence electrons. The second kappa shape index (κ2) is 17.5. The molecule has 0 aromatic rings. The van der Waals surface area contributed by atoms with Gasteiger partial charge in [0.2, 0.25) is 12.4 Å². The molecule has 0 aromatic heterocycles. The fourth-order valence-electron chi connectivity index (χ4n) is 4.73. The average molecular weight is 679 g/mol. The Bertz CT molecular complexity index is 1200. The van der Waals surface area contributed by atoms with Crippen molar-refractivity contribution in [3.8, 4) is 0 Å². The number of carbonyl (C=O) groups is 8. The second-order valence-corrected chi connectivity index (χ2v) is 10.3. The minimum atomic E-state index is -1.83. The van der Waals surface area contributed by atoms with Crippen molar-refractivity contribution in [1.82, 2.24) is 0 Å². The Morgan fingerprint density at radius 3 is 1.11 bits per heavy atom. The zero-order valence-corrected chi connectivity index (χ0v) is 26.9. The predicted octanol–water partition coefficient (Wildman–Crippen LogP) is -0.831. The molecule has 19 nitrogen and oxygen atoms in total. The van der Waals surface area contributed by atoms with Crippen molar-refractivity contribution in [2.75, 3.05) is 13.2 Å². The molecule has 0 spiro atoms. The highest BCUT2D eigenvalue weighted by Gasteiger charge is 2.58. The number of hydrogen-bond acceptors (Lipinski definition) is 19. The number of hydrogen-bond donors (Lipinski definition) is 0. The van der Waals surface area contributed by atoms with Gasteiger partial charge in [0.25, 0.3) is 0 Å². The Balaban J connectivity index is 2.73. The highest BCUT2D eigenvalue weighted by atomic mass is 16.8. The quantitative estimate of drug-likeness (QED) is 0.181. The Hall–Kier alpha value is -4.36. The molecule has 1 unspecified atom stereocenters. The normalized spacial score (nSPS) is 30.0. The van der Waals surface area contributed by atoms with Gasteiger partial charge < -0.3 is 52.1 Å². The van der Waals surface area contributed by atoms with Crippen LogP contribution in [0.3, 0.4) is 0 Å². The summed E-state index contributed by atoms with van der Waals surface area (Å²) in [6.45, 7) is 7.05. The minimum absolute atomic E-state index is 0.590. The smallest absolute Gasteiger partial charge is 0.305 e. The van der Waals surface area contributed by atoms with E-state index < -0.39 is 122 Å². The van der Waals surface area contributed by atoms with Crippen LogP contribution in [0.4, 0.5) is 0 Å². The molecule has 0 aromatic carbocycles. The summed E-state index contributed by atoms with van der Waals surface area (Å²) in [6.07, 6.45) is -16.3. The van der Waals surface area contributed by atoms with Crippen LogP contribution in [0.15, 0.2) is 0 Å².